The van der Waals surface area contributed by atoms with Crippen molar-refractivity contribution in [2.75, 3.05) is 19.3 Å². The Labute approximate surface area is 118 Å². The molecule has 1 saturated carbocycles. The van der Waals surface area contributed by atoms with E-state index in [0.717, 1.165) is 19.3 Å². The average Bonchev–Trinajstić information content (AvgIpc) is 2.94. The fourth-order valence-electron chi connectivity index (χ4n) is 3.25. The second-order valence-electron chi connectivity index (χ2n) is 5.52. The highest BCUT2D eigenvalue weighted by Crippen LogP contribution is 2.42. The van der Waals surface area contributed by atoms with Gasteiger partial charge in [-0.2, -0.15) is 11.8 Å². The van der Waals surface area contributed by atoms with Crippen LogP contribution in [0.15, 0.2) is 0 Å². The quantitative estimate of drug-likeness (QED) is 0.824. The molecule has 1 saturated heterocycles. The van der Waals surface area contributed by atoms with Crippen molar-refractivity contribution in [1.29, 1.82) is 0 Å². The van der Waals surface area contributed by atoms with Crippen molar-refractivity contribution in [1.82, 2.24) is 10.2 Å². The van der Waals surface area contributed by atoms with Crippen LogP contribution in [-0.4, -0.2) is 52.6 Å². The van der Waals surface area contributed by atoms with Crippen molar-refractivity contribution in [2.45, 2.75) is 37.5 Å². The number of amides is 2. The predicted molar refractivity (Wildman–Crippen MR) is 75.3 cm³/mol. The monoisotopic (exact) mass is 286 g/mol. The second-order valence-corrected chi connectivity index (χ2v) is 6.80. The number of likely N-dealkylation sites (tertiary alicyclic amines) is 1. The Morgan fingerprint density at radius 3 is 2.84 bits per heavy atom. The summed E-state index contributed by atoms with van der Waals surface area (Å²) in [6.07, 6.45) is 5.08. The number of thioether (sulfide) groups is 1. The van der Waals surface area contributed by atoms with Crippen molar-refractivity contribution in [3.05, 3.63) is 0 Å². The highest BCUT2D eigenvalue weighted by molar-refractivity contribution is 7.99. The largest absolute Gasteiger partial charge is 0.480 e. The average molecular weight is 286 g/mol. The molecule has 0 aromatic rings. The van der Waals surface area contributed by atoms with Gasteiger partial charge in [-0.1, -0.05) is 13.3 Å². The lowest BCUT2D eigenvalue weighted by molar-refractivity contribution is -0.142. The maximum atomic E-state index is 12.2. The van der Waals surface area contributed by atoms with Gasteiger partial charge in [0, 0.05) is 18.3 Å². The number of carboxylic acid groups (broad SMARTS) is 1. The Kier molecular flexibility index (Phi) is 4.60. The second kappa shape index (κ2) is 6.03. The zero-order valence-corrected chi connectivity index (χ0v) is 12.3. The Morgan fingerprint density at radius 2 is 2.21 bits per heavy atom. The Hall–Kier alpha value is -0.910. The number of carboxylic acids is 1. The van der Waals surface area contributed by atoms with Crippen molar-refractivity contribution >= 4 is 23.8 Å². The molecule has 4 unspecified atom stereocenters. The molecule has 2 amide bonds. The van der Waals surface area contributed by atoms with Crippen molar-refractivity contribution in [2.24, 2.45) is 11.8 Å². The number of rotatable bonds is 4. The zero-order valence-electron chi connectivity index (χ0n) is 11.5. The molecule has 1 heterocycles. The Morgan fingerprint density at radius 1 is 1.47 bits per heavy atom. The summed E-state index contributed by atoms with van der Waals surface area (Å²) >= 11 is 1.68. The van der Waals surface area contributed by atoms with E-state index >= 15 is 0 Å². The van der Waals surface area contributed by atoms with Gasteiger partial charge in [-0.25, -0.2) is 9.59 Å². The van der Waals surface area contributed by atoms with Gasteiger partial charge in [0.2, 0.25) is 0 Å². The van der Waals surface area contributed by atoms with Gasteiger partial charge in [-0.15, -0.1) is 0 Å². The van der Waals surface area contributed by atoms with Crippen LogP contribution in [0.25, 0.3) is 0 Å². The third-order valence-electron chi connectivity index (χ3n) is 4.35. The molecule has 108 valence electrons. The number of urea groups is 1. The molecule has 2 aliphatic rings. The normalized spacial score (nSPS) is 31.1. The lowest BCUT2D eigenvalue weighted by atomic mass is 9.94. The lowest BCUT2D eigenvalue weighted by Gasteiger charge is -2.25. The lowest BCUT2D eigenvalue weighted by Crippen LogP contribution is -2.48. The minimum Gasteiger partial charge on any atom is -0.480 e. The van der Waals surface area contributed by atoms with Crippen LogP contribution in [0.3, 0.4) is 0 Å². The summed E-state index contributed by atoms with van der Waals surface area (Å²) in [6, 6.07) is -0.847. The minimum atomic E-state index is -0.859. The first-order valence-electron chi connectivity index (χ1n) is 6.84. The smallest absolute Gasteiger partial charge is 0.326 e. The third-order valence-corrected chi connectivity index (χ3v) is 5.32. The van der Waals surface area contributed by atoms with Crippen LogP contribution in [0.4, 0.5) is 4.79 Å². The molecule has 6 heteroatoms. The molecule has 19 heavy (non-hydrogen) atoms. The first-order chi connectivity index (χ1) is 9.04. The predicted octanol–water partition coefficient (Wildman–Crippen LogP) is 1.63. The summed E-state index contributed by atoms with van der Waals surface area (Å²) in [7, 11) is 0. The summed E-state index contributed by atoms with van der Waals surface area (Å²) in [5, 5.41) is 12.6. The molecule has 1 aliphatic heterocycles. The number of carbonyl (C=O) groups excluding carboxylic acids is 1. The van der Waals surface area contributed by atoms with Crippen LogP contribution in [-0.2, 0) is 4.79 Å². The van der Waals surface area contributed by atoms with E-state index < -0.39 is 12.0 Å². The molecule has 0 aromatic carbocycles. The standard InChI is InChI=1S/C13H22N2O3S/c1-8(19-2)6-14-13(18)15-7-9-4-3-5-10(9)11(15)12(16)17/h8-11H,3-7H2,1-2H3,(H,14,18)(H,16,17). The summed E-state index contributed by atoms with van der Waals surface area (Å²) in [5.41, 5.74) is 0. The van der Waals surface area contributed by atoms with E-state index in [1.54, 1.807) is 11.8 Å². The van der Waals surface area contributed by atoms with Crippen LogP contribution in [0, 0.1) is 11.8 Å². The topological polar surface area (TPSA) is 69.6 Å². The highest BCUT2D eigenvalue weighted by atomic mass is 32.2. The summed E-state index contributed by atoms with van der Waals surface area (Å²) in [5.74, 6) is -0.325. The summed E-state index contributed by atoms with van der Waals surface area (Å²) < 4.78 is 0. The van der Waals surface area contributed by atoms with Crippen LogP contribution in [0.1, 0.15) is 26.2 Å². The Balaban J connectivity index is 1.98. The number of hydrogen-bond donors (Lipinski definition) is 2. The van der Waals surface area contributed by atoms with E-state index in [4.69, 9.17) is 0 Å². The molecular formula is C13H22N2O3S. The highest BCUT2D eigenvalue weighted by Gasteiger charge is 2.49. The number of nitrogens with zero attached hydrogens (tertiary/aromatic N) is 1. The van der Waals surface area contributed by atoms with E-state index in [1.807, 2.05) is 13.2 Å². The van der Waals surface area contributed by atoms with Crippen LogP contribution >= 0.6 is 11.8 Å². The first-order valence-corrected chi connectivity index (χ1v) is 8.13. The molecular weight excluding hydrogens is 264 g/mol. The van der Waals surface area contributed by atoms with E-state index in [1.165, 1.54) is 4.90 Å². The first kappa shape index (κ1) is 14.5. The van der Waals surface area contributed by atoms with Crippen molar-refractivity contribution in [3.63, 3.8) is 0 Å². The molecule has 1 aliphatic carbocycles. The maximum Gasteiger partial charge on any atom is 0.326 e. The number of aliphatic carboxylic acids is 1. The van der Waals surface area contributed by atoms with Crippen LogP contribution in [0.5, 0.6) is 0 Å². The van der Waals surface area contributed by atoms with Gasteiger partial charge < -0.3 is 15.3 Å². The molecule has 0 bridgehead atoms. The van der Waals surface area contributed by atoms with E-state index in [0.29, 0.717) is 24.3 Å². The molecule has 2 rings (SSSR count). The van der Waals surface area contributed by atoms with E-state index in [9.17, 15) is 14.7 Å². The molecule has 2 fully saturated rings. The van der Waals surface area contributed by atoms with Gasteiger partial charge in [-0.05, 0) is 30.9 Å². The van der Waals surface area contributed by atoms with Gasteiger partial charge in [0.05, 0.1) is 0 Å². The van der Waals surface area contributed by atoms with Gasteiger partial charge in [0.1, 0.15) is 6.04 Å². The third kappa shape index (κ3) is 2.99. The van der Waals surface area contributed by atoms with E-state index in [2.05, 4.69) is 5.32 Å². The molecule has 0 aromatic heterocycles. The summed E-state index contributed by atoms with van der Waals surface area (Å²) in [6.45, 7) is 3.22. The summed E-state index contributed by atoms with van der Waals surface area (Å²) in [4.78, 5) is 25.1. The number of hydrogen-bond acceptors (Lipinski definition) is 3. The van der Waals surface area contributed by atoms with Gasteiger partial charge in [0.25, 0.3) is 0 Å². The molecule has 4 atom stereocenters. The zero-order chi connectivity index (χ0) is 14.0. The number of carbonyl (C=O) groups is 2. The molecule has 0 spiro atoms. The maximum absolute atomic E-state index is 12.2. The number of fused-ring (bicyclic) bond motifs is 1. The van der Waals surface area contributed by atoms with Crippen molar-refractivity contribution < 1.29 is 14.7 Å². The SMILES string of the molecule is CSC(C)CNC(=O)N1CC2CCCC2C1C(=O)O. The fourth-order valence-corrected chi connectivity index (χ4v) is 3.50. The molecule has 5 nitrogen and oxygen atoms in total. The number of nitrogens with one attached hydrogen (secondary N) is 1. The van der Waals surface area contributed by atoms with Crippen LogP contribution < -0.4 is 5.32 Å². The van der Waals surface area contributed by atoms with E-state index in [-0.39, 0.29) is 11.9 Å². The van der Waals surface area contributed by atoms with Gasteiger partial charge >= 0.3 is 12.0 Å². The molecule has 2 N–H and O–H groups in total. The van der Waals surface area contributed by atoms with Crippen molar-refractivity contribution in [3.8, 4) is 0 Å². The fraction of sp³-hybridized carbons (Fsp3) is 0.846. The Bertz CT molecular complexity index is 364. The minimum absolute atomic E-state index is 0.154. The van der Waals surface area contributed by atoms with Gasteiger partial charge in [-0.3, -0.25) is 0 Å². The van der Waals surface area contributed by atoms with Gasteiger partial charge in [0.15, 0.2) is 0 Å². The van der Waals surface area contributed by atoms with Crippen LogP contribution in [0.2, 0.25) is 0 Å². The molecule has 0 radical (unpaired) electrons.